The summed E-state index contributed by atoms with van der Waals surface area (Å²) in [4.78, 5) is 40.9. The summed E-state index contributed by atoms with van der Waals surface area (Å²) in [7, 11) is 0. The van der Waals surface area contributed by atoms with Crippen LogP contribution in [0.5, 0.6) is 0 Å². The summed E-state index contributed by atoms with van der Waals surface area (Å²) in [5.74, 6) is 0.0489. The molecule has 5 rings (SSSR count). The first-order valence-corrected chi connectivity index (χ1v) is 13.0. The molecule has 0 spiro atoms. The summed E-state index contributed by atoms with van der Waals surface area (Å²) >= 11 is 8.17. The Balaban J connectivity index is 1.50. The van der Waals surface area contributed by atoms with E-state index in [0.29, 0.717) is 35.7 Å². The lowest BCUT2D eigenvalue weighted by Gasteiger charge is -2.30. The maximum absolute atomic E-state index is 11.9. The number of nitrogens with one attached hydrogen (secondary N) is 1. The Bertz CT molecular complexity index is 1480. The first-order chi connectivity index (χ1) is 17.4. The molecule has 4 aromatic rings. The Hall–Kier alpha value is -3.24. The molecule has 0 aromatic carbocycles. The van der Waals surface area contributed by atoms with E-state index in [9.17, 15) is 9.70 Å². The first kappa shape index (κ1) is 24.5. The van der Waals surface area contributed by atoms with Crippen LogP contribution in [0.4, 0.5) is 5.82 Å². The van der Waals surface area contributed by atoms with Gasteiger partial charge in [-0.25, -0.2) is 9.97 Å². The molecule has 1 aliphatic rings. The average molecular weight is 525 g/mol. The lowest BCUT2D eigenvalue weighted by Crippen LogP contribution is -2.25. The van der Waals surface area contributed by atoms with Gasteiger partial charge in [-0.1, -0.05) is 35.5 Å². The fraction of sp³-hybridized carbons (Fsp3) is 0.360. The zero-order valence-electron chi connectivity index (χ0n) is 19.9. The molecular formula is C25H25ClN6O3S. The van der Waals surface area contributed by atoms with E-state index in [1.54, 1.807) is 19.2 Å². The van der Waals surface area contributed by atoms with E-state index < -0.39 is 0 Å². The molecule has 0 amide bonds. The number of hydrogen-bond acceptors (Lipinski definition) is 9. The molecule has 3 N–H and O–H groups in total. The average Bonchev–Trinajstić information content (AvgIpc) is 3.13. The Kier molecular flexibility index (Phi) is 6.81. The molecule has 36 heavy (non-hydrogen) atoms. The molecule has 0 radical (unpaired) electrons. The minimum absolute atomic E-state index is 0.0400. The number of hydrogen-bond donors (Lipinski definition) is 2. The summed E-state index contributed by atoms with van der Waals surface area (Å²) in [6, 6.07) is 5.58. The molecule has 0 aliphatic heterocycles. The standard InChI is InChI=1S/C25H25ClN6O3S/c1-3-17-22(26)21-18(30-17)10-19(31-23(21)12-6-15(7-12)32-34)36-16-8-13-5-14(9-20(33)35-4-2)29-25(27)24(13)28-11-16/h5,8,10-12,15,30H,3-4,6-7,9H2,1-2H3,(H2,27,29). The topological polar surface area (TPSA) is 136 Å². The quantitative estimate of drug-likeness (QED) is 0.225. The highest BCUT2D eigenvalue weighted by Gasteiger charge is 2.34. The molecule has 0 bridgehead atoms. The van der Waals surface area contributed by atoms with Gasteiger partial charge >= 0.3 is 5.97 Å². The lowest BCUT2D eigenvalue weighted by molar-refractivity contribution is -0.142. The fourth-order valence-corrected chi connectivity index (χ4v) is 5.79. The normalized spacial score (nSPS) is 17.3. The summed E-state index contributed by atoms with van der Waals surface area (Å²) in [5, 5.41) is 6.36. The van der Waals surface area contributed by atoms with Crippen LogP contribution in [-0.2, 0) is 22.4 Å². The van der Waals surface area contributed by atoms with Crippen LogP contribution in [0.1, 0.15) is 49.7 Å². The maximum Gasteiger partial charge on any atom is 0.311 e. The molecule has 1 saturated carbocycles. The second-order valence-corrected chi connectivity index (χ2v) is 10.3. The number of carbonyl (C=O) groups excluding carboxylic acids is 1. The van der Waals surface area contributed by atoms with E-state index in [2.05, 4.69) is 20.1 Å². The number of halogens is 1. The van der Waals surface area contributed by atoms with Crippen LogP contribution in [0.2, 0.25) is 5.02 Å². The predicted molar refractivity (Wildman–Crippen MR) is 140 cm³/mol. The SMILES string of the molecule is CCOC(=O)Cc1cc2cc(Sc3cc4[nH]c(CC)c(Cl)c4c(C4CC(N=O)C4)n3)cnc2c(N)n1. The van der Waals surface area contributed by atoms with E-state index in [0.717, 1.165) is 44.0 Å². The molecule has 9 nitrogen and oxygen atoms in total. The smallest absolute Gasteiger partial charge is 0.311 e. The van der Waals surface area contributed by atoms with Gasteiger partial charge in [-0.15, -0.1) is 0 Å². The minimum Gasteiger partial charge on any atom is -0.466 e. The number of rotatable bonds is 8. The summed E-state index contributed by atoms with van der Waals surface area (Å²) < 4.78 is 5.03. The van der Waals surface area contributed by atoms with Crippen LogP contribution < -0.4 is 5.73 Å². The summed E-state index contributed by atoms with van der Waals surface area (Å²) in [6.45, 7) is 4.12. The number of aromatic nitrogens is 4. The zero-order chi connectivity index (χ0) is 25.4. The van der Waals surface area contributed by atoms with Crippen molar-refractivity contribution in [2.75, 3.05) is 12.3 Å². The van der Waals surface area contributed by atoms with Crippen LogP contribution in [0.3, 0.4) is 0 Å². The maximum atomic E-state index is 11.9. The Morgan fingerprint density at radius 3 is 2.81 bits per heavy atom. The third kappa shape index (κ3) is 4.62. The van der Waals surface area contributed by atoms with Crippen LogP contribution in [-0.4, -0.2) is 38.6 Å². The molecule has 186 valence electrons. The van der Waals surface area contributed by atoms with Crippen molar-refractivity contribution in [3.63, 3.8) is 0 Å². The van der Waals surface area contributed by atoms with Crippen LogP contribution in [0, 0.1) is 4.91 Å². The number of nitrogens with zero attached hydrogens (tertiary/aromatic N) is 4. The van der Waals surface area contributed by atoms with E-state index in [1.807, 2.05) is 19.1 Å². The molecule has 0 unspecified atom stereocenters. The fourth-order valence-electron chi connectivity index (χ4n) is 4.56. The van der Waals surface area contributed by atoms with Crippen molar-refractivity contribution in [3.05, 3.63) is 51.4 Å². The molecule has 1 aliphatic carbocycles. The van der Waals surface area contributed by atoms with Gasteiger partial charge in [-0.05, 0) is 44.4 Å². The lowest BCUT2D eigenvalue weighted by atomic mass is 9.77. The molecule has 11 heteroatoms. The number of H-pyrrole nitrogens is 1. The molecule has 4 aromatic heterocycles. The highest BCUT2D eigenvalue weighted by Crippen LogP contribution is 2.44. The van der Waals surface area contributed by atoms with Crippen molar-refractivity contribution in [1.29, 1.82) is 0 Å². The van der Waals surface area contributed by atoms with E-state index in [4.69, 9.17) is 27.1 Å². The Morgan fingerprint density at radius 1 is 1.28 bits per heavy atom. The van der Waals surface area contributed by atoms with Crippen molar-refractivity contribution >= 4 is 57.0 Å². The highest BCUT2D eigenvalue weighted by molar-refractivity contribution is 7.99. The van der Waals surface area contributed by atoms with Crippen molar-refractivity contribution in [2.45, 2.75) is 61.4 Å². The zero-order valence-corrected chi connectivity index (χ0v) is 21.4. The molecule has 0 saturated heterocycles. The number of fused-ring (bicyclic) bond motifs is 2. The summed E-state index contributed by atoms with van der Waals surface area (Å²) in [6.07, 6.45) is 3.90. The number of anilines is 1. The number of aromatic amines is 1. The molecule has 0 atom stereocenters. The molecule has 1 fully saturated rings. The second-order valence-electron chi connectivity index (χ2n) is 8.79. The van der Waals surface area contributed by atoms with Gasteiger partial charge in [0.2, 0.25) is 0 Å². The van der Waals surface area contributed by atoms with Gasteiger partial charge in [-0.3, -0.25) is 9.78 Å². The molecule has 4 heterocycles. The van der Waals surface area contributed by atoms with Gasteiger partial charge in [0.25, 0.3) is 0 Å². The first-order valence-electron chi connectivity index (χ1n) is 11.8. The largest absolute Gasteiger partial charge is 0.466 e. The number of ether oxygens (including phenoxy) is 1. The number of pyridine rings is 3. The van der Waals surface area contributed by atoms with Gasteiger partial charge in [0.05, 0.1) is 41.0 Å². The third-order valence-corrected chi connectivity index (χ3v) is 7.66. The van der Waals surface area contributed by atoms with Gasteiger partial charge in [0.1, 0.15) is 16.4 Å². The third-order valence-electron chi connectivity index (χ3n) is 6.37. The minimum atomic E-state index is -0.355. The monoisotopic (exact) mass is 524 g/mol. The van der Waals surface area contributed by atoms with Gasteiger partial charge < -0.3 is 15.5 Å². The van der Waals surface area contributed by atoms with Crippen LogP contribution in [0.25, 0.3) is 21.8 Å². The second kappa shape index (κ2) is 10.0. The molecular weight excluding hydrogens is 500 g/mol. The predicted octanol–water partition coefficient (Wildman–Crippen LogP) is 5.57. The van der Waals surface area contributed by atoms with Gasteiger partial charge in [0, 0.05) is 33.5 Å². The number of aryl methyl sites for hydroxylation is 1. The van der Waals surface area contributed by atoms with E-state index in [1.165, 1.54) is 11.8 Å². The Labute approximate surface area is 216 Å². The van der Waals surface area contributed by atoms with E-state index >= 15 is 0 Å². The van der Waals surface area contributed by atoms with Crippen molar-refractivity contribution in [2.24, 2.45) is 5.18 Å². The number of esters is 1. The Morgan fingerprint density at radius 2 is 2.08 bits per heavy atom. The number of carbonyl (C=O) groups is 1. The number of nitroso groups, excluding NO2 is 1. The highest BCUT2D eigenvalue weighted by atomic mass is 35.5. The van der Waals surface area contributed by atoms with Crippen LogP contribution >= 0.6 is 23.4 Å². The van der Waals surface area contributed by atoms with Crippen molar-refractivity contribution in [3.8, 4) is 0 Å². The van der Waals surface area contributed by atoms with Crippen molar-refractivity contribution < 1.29 is 9.53 Å². The van der Waals surface area contributed by atoms with Gasteiger partial charge in [-0.2, -0.15) is 4.91 Å². The summed E-state index contributed by atoms with van der Waals surface area (Å²) in [5.41, 5.74) is 9.99. The number of nitrogens with two attached hydrogens (primary N) is 1. The van der Waals surface area contributed by atoms with E-state index in [-0.39, 0.29) is 30.2 Å². The van der Waals surface area contributed by atoms with Crippen LogP contribution in [0.15, 0.2) is 39.5 Å². The van der Waals surface area contributed by atoms with Crippen molar-refractivity contribution in [1.82, 2.24) is 19.9 Å². The number of nitrogen functional groups attached to an aromatic ring is 1. The van der Waals surface area contributed by atoms with Gasteiger partial charge in [0.15, 0.2) is 0 Å².